The molecule has 0 radical (unpaired) electrons. The third kappa shape index (κ3) is 12.9. The van der Waals surface area contributed by atoms with Crippen LogP contribution in [0.2, 0.25) is 0 Å². The van der Waals surface area contributed by atoms with Crippen molar-refractivity contribution < 1.29 is 4.55 Å². The Labute approximate surface area is 100 Å². The quantitative estimate of drug-likeness (QED) is 0.547. The molecule has 0 aliphatic rings. The van der Waals surface area contributed by atoms with Gasteiger partial charge in [-0.1, -0.05) is 11.2 Å². The molecule has 0 saturated heterocycles. The van der Waals surface area contributed by atoms with Crippen LogP contribution >= 0.6 is 0 Å². The SMILES string of the molecule is CC(C)(C#N)N=NC(C)(C)C#N.C[S+](C)[O-]. The van der Waals surface area contributed by atoms with Crippen molar-refractivity contribution in [1.29, 1.82) is 10.5 Å². The molecule has 0 aromatic heterocycles. The van der Waals surface area contributed by atoms with Crippen molar-refractivity contribution in [2.45, 2.75) is 38.8 Å². The summed E-state index contributed by atoms with van der Waals surface area (Å²) >= 11 is -0.611. The van der Waals surface area contributed by atoms with Gasteiger partial charge in [-0.3, -0.25) is 0 Å². The van der Waals surface area contributed by atoms with Crippen LogP contribution in [0.3, 0.4) is 0 Å². The highest BCUT2D eigenvalue weighted by atomic mass is 32.2. The van der Waals surface area contributed by atoms with Gasteiger partial charge < -0.3 is 4.55 Å². The molecule has 0 aromatic carbocycles. The van der Waals surface area contributed by atoms with Crippen molar-refractivity contribution in [3.63, 3.8) is 0 Å². The molecule has 0 aliphatic heterocycles. The van der Waals surface area contributed by atoms with Crippen LogP contribution in [0.4, 0.5) is 0 Å². The summed E-state index contributed by atoms with van der Waals surface area (Å²) < 4.78 is 9.56. The van der Waals surface area contributed by atoms with Gasteiger partial charge in [0.05, 0.1) is 24.6 Å². The van der Waals surface area contributed by atoms with Gasteiger partial charge in [-0.05, 0) is 27.7 Å². The van der Waals surface area contributed by atoms with E-state index < -0.39 is 22.3 Å². The lowest BCUT2D eigenvalue weighted by Crippen LogP contribution is -2.17. The Bertz CT molecular complexity index is 279. The number of hydrogen-bond donors (Lipinski definition) is 0. The van der Waals surface area contributed by atoms with Gasteiger partial charge in [0.25, 0.3) is 0 Å². The molecule has 5 nitrogen and oxygen atoms in total. The monoisotopic (exact) mass is 242 g/mol. The van der Waals surface area contributed by atoms with Crippen LogP contribution in [-0.4, -0.2) is 28.1 Å². The molecule has 90 valence electrons. The lowest BCUT2D eigenvalue weighted by atomic mass is 10.1. The molecule has 0 N–H and O–H groups in total. The van der Waals surface area contributed by atoms with Crippen LogP contribution in [0.15, 0.2) is 10.2 Å². The van der Waals surface area contributed by atoms with Crippen LogP contribution in [-0.2, 0) is 11.2 Å². The summed E-state index contributed by atoms with van der Waals surface area (Å²) in [5.41, 5.74) is -1.68. The first-order valence-electron chi connectivity index (χ1n) is 4.58. The summed E-state index contributed by atoms with van der Waals surface area (Å²) in [6, 6.07) is 3.94. The lowest BCUT2D eigenvalue weighted by molar-refractivity contribution is 0.541. The second-order valence-corrected chi connectivity index (χ2v) is 5.77. The molecule has 0 aromatic rings. The minimum absolute atomic E-state index is 0.611. The average molecular weight is 242 g/mol. The summed E-state index contributed by atoms with van der Waals surface area (Å²) in [7, 11) is 0. The molecule has 0 spiro atoms. The molecule has 16 heavy (non-hydrogen) atoms. The molecule has 0 unspecified atom stereocenters. The maximum Gasteiger partial charge on any atom is 0.162 e. The summed E-state index contributed by atoms with van der Waals surface area (Å²) in [5, 5.41) is 24.7. The van der Waals surface area contributed by atoms with Crippen LogP contribution in [0.1, 0.15) is 27.7 Å². The van der Waals surface area contributed by atoms with Crippen LogP contribution in [0.5, 0.6) is 0 Å². The van der Waals surface area contributed by atoms with E-state index in [2.05, 4.69) is 10.2 Å². The molecular formula is C10H18N4OS. The normalized spacial score (nSPS) is 11.6. The Balaban J connectivity index is 0. The van der Waals surface area contributed by atoms with E-state index in [1.807, 2.05) is 12.1 Å². The Hall–Kier alpha value is -1.11. The zero-order chi connectivity index (χ0) is 13.4. The number of hydrogen-bond acceptors (Lipinski definition) is 5. The third-order valence-corrected chi connectivity index (χ3v) is 1.10. The molecule has 6 heteroatoms. The van der Waals surface area contributed by atoms with Gasteiger partial charge in [0.1, 0.15) is 0 Å². The van der Waals surface area contributed by atoms with Gasteiger partial charge in [-0.2, -0.15) is 20.8 Å². The molecule has 0 fully saturated rings. The van der Waals surface area contributed by atoms with E-state index >= 15 is 0 Å². The second-order valence-electron chi connectivity index (χ2n) is 4.28. The third-order valence-electron chi connectivity index (χ3n) is 1.10. The maximum atomic E-state index is 9.56. The van der Waals surface area contributed by atoms with Crippen molar-refractivity contribution in [2.24, 2.45) is 10.2 Å². The first-order valence-corrected chi connectivity index (χ1v) is 6.54. The Morgan fingerprint density at radius 3 is 1.25 bits per heavy atom. The first kappa shape index (κ1) is 17.3. The Kier molecular flexibility index (Phi) is 7.79. The standard InChI is InChI=1S/C8H12N4.C2H6OS/c1-7(2,5-9)11-12-8(3,4)6-10;1-4(2)3/h1-4H3;1-2H3. The fraction of sp³-hybridized carbons (Fsp3) is 0.800. The average Bonchev–Trinajstić information content (AvgIpc) is 2.15. The zero-order valence-corrected chi connectivity index (χ0v) is 11.4. The molecule has 0 saturated carbocycles. The van der Waals surface area contributed by atoms with E-state index in [9.17, 15) is 4.55 Å². The van der Waals surface area contributed by atoms with Crippen molar-refractivity contribution in [1.82, 2.24) is 0 Å². The van der Waals surface area contributed by atoms with E-state index in [-0.39, 0.29) is 0 Å². The fourth-order valence-corrected chi connectivity index (χ4v) is 0.295. The molecule has 0 atom stereocenters. The largest absolute Gasteiger partial charge is 0.617 e. The lowest BCUT2D eigenvalue weighted by Gasteiger charge is -2.11. The molecule has 0 aliphatic carbocycles. The minimum atomic E-state index is -0.839. The van der Waals surface area contributed by atoms with Gasteiger partial charge in [-0.25, -0.2) is 0 Å². The fourth-order valence-electron chi connectivity index (χ4n) is 0.295. The summed E-state index contributed by atoms with van der Waals surface area (Å²) in [6.07, 6.45) is 3.28. The number of azo groups is 1. The van der Waals surface area contributed by atoms with E-state index in [1.54, 1.807) is 40.2 Å². The zero-order valence-electron chi connectivity index (χ0n) is 10.6. The summed E-state index contributed by atoms with van der Waals surface area (Å²) in [6.45, 7) is 6.57. The summed E-state index contributed by atoms with van der Waals surface area (Å²) in [4.78, 5) is 0. The van der Waals surface area contributed by atoms with Gasteiger partial charge >= 0.3 is 0 Å². The van der Waals surface area contributed by atoms with Gasteiger partial charge in [0, 0.05) is 0 Å². The van der Waals surface area contributed by atoms with Crippen molar-refractivity contribution in [3.8, 4) is 12.1 Å². The minimum Gasteiger partial charge on any atom is -0.617 e. The smallest absolute Gasteiger partial charge is 0.162 e. The number of nitriles is 2. The van der Waals surface area contributed by atoms with E-state index in [4.69, 9.17) is 10.5 Å². The molecule has 0 bridgehead atoms. The van der Waals surface area contributed by atoms with Crippen molar-refractivity contribution >= 4 is 11.2 Å². The van der Waals surface area contributed by atoms with Crippen molar-refractivity contribution in [3.05, 3.63) is 0 Å². The molecule has 0 heterocycles. The number of nitrogens with zero attached hydrogens (tertiary/aromatic N) is 4. The highest BCUT2D eigenvalue weighted by molar-refractivity contribution is 7.89. The number of rotatable bonds is 2. The van der Waals surface area contributed by atoms with Gasteiger partial charge in [0.15, 0.2) is 11.1 Å². The van der Waals surface area contributed by atoms with E-state index in [0.717, 1.165) is 0 Å². The van der Waals surface area contributed by atoms with E-state index in [0.29, 0.717) is 0 Å². The summed E-state index contributed by atoms with van der Waals surface area (Å²) in [5.74, 6) is 0. The van der Waals surface area contributed by atoms with Crippen molar-refractivity contribution in [2.75, 3.05) is 12.5 Å². The Morgan fingerprint density at radius 2 is 1.12 bits per heavy atom. The maximum absolute atomic E-state index is 9.56. The van der Waals surface area contributed by atoms with E-state index in [1.165, 1.54) is 0 Å². The predicted molar refractivity (Wildman–Crippen MR) is 64.2 cm³/mol. The highest BCUT2D eigenvalue weighted by Gasteiger charge is 2.19. The van der Waals surface area contributed by atoms with Crippen LogP contribution in [0, 0.1) is 22.7 Å². The van der Waals surface area contributed by atoms with Crippen LogP contribution in [0.25, 0.3) is 0 Å². The highest BCUT2D eigenvalue weighted by Crippen LogP contribution is 2.13. The molecular weight excluding hydrogens is 224 g/mol. The molecule has 0 amide bonds. The Morgan fingerprint density at radius 1 is 0.938 bits per heavy atom. The van der Waals surface area contributed by atoms with Gasteiger partial charge in [0.2, 0.25) is 0 Å². The topological polar surface area (TPSA) is 95.4 Å². The molecule has 0 rings (SSSR count). The van der Waals surface area contributed by atoms with Gasteiger partial charge in [-0.15, -0.1) is 0 Å². The first-order chi connectivity index (χ1) is 7.06. The van der Waals surface area contributed by atoms with Crippen LogP contribution < -0.4 is 0 Å². The second kappa shape index (κ2) is 7.21. The predicted octanol–water partition coefficient (Wildman–Crippen LogP) is 2.04.